The molecule has 0 radical (unpaired) electrons. The highest BCUT2D eigenvalue weighted by Crippen LogP contribution is 2.17. The lowest BCUT2D eigenvalue weighted by molar-refractivity contribution is 0.0939. The van der Waals surface area contributed by atoms with Gasteiger partial charge < -0.3 is 5.32 Å². The molecule has 1 heterocycles. The lowest BCUT2D eigenvalue weighted by Gasteiger charge is -2.14. The zero-order valence-electron chi connectivity index (χ0n) is 14.7. The van der Waals surface area contributed by atoms with Crippen LogP contribution in [-0.2, 0) is 10.0 Å². The Balaban J connectivity index is 1.70. The van der Waals surface area contributed by atoms with Crippen molar-refractivity contribution in [1.29, 1.82) is 0 Å². The van der Waals surface area contributed by atoms with E-state index in [0.717, 1.165) is 5.56 Å². The number of hydrogen-bond acceptors (Lipinski definition) is 4. The standard InChI is InChI=1S/C20H19N3O3S/c1-15(16-11-13-21-14-12-16)22-20(24)17-7-9-19(10-8-17)27(25,26)23-18-5-3-2-4-6-18/h2-15,23H,1H3,(H,22,24). The molecule has 2 N–H and O–H groups in total. The third kappa shape index (κ3) is 4.71. The molecule has 27 heavy (non-hydrogen) atoms. The van der Waals surface area contributed by atoms with Crippen LogP contribution in [0.3, 0.4) is 0 Å². The van der Waals surface area contributed by atoms with E-state index in [4.69, 9.17) is 0 Å². The highest BCUT2D eigenvalue weighted by Gasteiger charge is 2.16. The third-order valence-electron chi connectivity index (χ3n) is 4.01. The molecule has 138 valence electrons. The van der Waals surface area contributed by atoms with Crippen LogP contribution in [0.25, 0.3) is 0 Å². The fourth-order valence-corrected chi connectivity index (χ4v) is 3.58. The van der Waals surface area contributed by atoms with E-state index in [1.807, 2.05) is 19.1 Å². The molecule has 6 nitrogen and oxygen atoms in total. The normalized spacial score (nSPS) is 12.2. The number of amides is 1. The second kappa shape index (κ2) is 8.01. The van der Waals surface area contributed by atoms with Gasteiger partial charge in [0.05, 0.1) is 10.9 Å². The van der Waals surface area contributed by atoms with Gasteiger partial charge in [0.1, 0.15) is 0 Å². The van der Waals surface area contributed by atoms with E-state index in [1.54, 1.807) is 42.7 Å². The maximum absolute atomic E-state index is 12.4. The molecule has 0 saturated heterocycles. The van der Waals surface area contributed by atoms with E-state index in [9.17, 15) is 13.2 Å². The summed E-state index contributed by atoms with van der Waals surface area (Å²) in [6, 6.07) is 17.9. The summed E-state index contributed by atoms with van der Waals surface area (Å²) in [5, 5.41) is 2.88. The zero-order chi connectivity index (χ0) is 19.3. The molecule has 0 aliphatic carbocycles. The summed E-state index contributed by atoms with van der Waals surface area (Å²) in [6.45, 7) is 1.87. The molecular weight excluding hydrogens is 362 g/mol. The summed E-state index contributed by atoms with van der Waals surface area (Å²) in [5.41, 5.74) is 1.80. The summed E-state index contributed by atoms with van der Waals surface area (Å²) in [5.74, 6) is -0.278. The van der Waals surface area contributed by atoms with Crippen LogP contribution in [0.2, 0.25) is 0 Å². The molecule has 0 aliphatic rings. The molecule has 1 aromatic heterocycles. The smallest absolute Gasteiger partial charge is 0.261 e. The molecule has 0 bridgehead atoms. The van der Waals surface area contributed by atoms with E-state index in [0.29, 0.717) is 11.3 Å². The lowest BCUT2D eigenvalue weighted by Crippen LogP contribution is -2.26. The summed E-state index contributed by atoms with van der Waals surface area (Å²) in [6.07, 6.45) is 3.33. The predicted octanol–water partition coefficient (Wildman–Crippen LogP) is 3.37. The second-order valence-corrected chi connectivity index (χ2v) is 7.65. The molecule has 3 aromatic rings. The topological polar surface area (TPSA) is 88.2 Å². The van der Waals surface area contributed by atoms with Gasteiger partial charge in [0.2, 0.25) is 0 Å². The third-order valence-corrected chi connectivity index (χ3v) is 5.40. The van der Waals surface area contributed by atoms with E-state index in [-0.39, 0.29) is 16.8 Å². The highest BCUT2D eigenvalue weighted by atomic mass is 32.2. The van der Waals surface area contributed by atoms with Crippen LogP contribution in [0.15, 0.2) is 84.0 Å². The monoisotopic (exact) mass is 381 g/mol. The van der Waals surface area contributed by atoms with Crippen molar-refractivity contribution in [2.24, 2.45) is 0 Å². The number of carbonyl (C=O) groups is 1. The van der Waals surface area contributed by atoms with Crippen LogP contribution in [0.1, 0.15) is 28.9 Å². The van der Waals surface area contributed by atoms with Crippen LogP contribution < -0.4 is 10.0 Å². The Kier molecular flexibility index (Phi) is 5.52. The van der Waals surface area contributed by atoms with Gasteiger partial charge in [-0.2, -0.15) is 0 Å². The number of para-hydroxylation sites is 1. The van der Waals surface area contributed by atoms with E-state index in [1.165, 1.54) is 24.3 Å². The van der Waals surface area contributed by atoms with E-state index in [2.05, 4.69) is 15.0 Å². The fraction of sp³-hybridized carbons (Fsp3) is 0.100. The first-order valence-electron chi connectivity index (χ1n) is 8.34. The average molecular weight is 381 g/mol. The average Bonchev–Trinajstić information content (AvgIpc) is 2.69. The largest absolute Gasteiger partial charge is 0.346 e. The molecule has 0 aliphatic heterocycles. The van der Waals surface area contributed by atoms with Gasteiger partial charge in [-0.1, -0.05) is 18.2 Å². The van der Waals surface area contributed by atoms with Gasteiger partial charge in [0.25, 0.3) is 15.9 Å². The van der Waals surface area contributed by atoms with Crippen molar-refractivity contribution in [3.05, 3.63) is 90.3 Å². The van der Waals surface area contributed by atoms with E-state index >= 15 is 0 Å². The molecule has 7 heteroatoms. The Morgan fingerprint density at radius 1 is 0.926 bits per heavy atom. The summed E-state index contributed by atoms with van der Waals surface area (Å²) >= 11 is 0. The van der Waals surface area contributed by atoms with Gasteiger partial charge in [0, 0.05) is 23.6 Å². The SMILES string of the molecule is CC(NC(=O)c1ccc(S(=O)(=O)Nc2ccccc2)cc1)c1ccncc1. The summed E-state index contributed by atoms with van der Waals surface area (Å²) < 4.78 is 27.4. The highest BCUT2D eigenvalue weighted by molar-refractivity contribution is 7.92. The summed E-state index contributed by atoms with van der Waals surface area (Å²) in [4.78, 5) is 16.4. The van der Waals surface area contributed by atoms with Gasteiger partial charge >= 0.3 is 0 Å². The first-order chi connectivity index (χ1) is 13.0. The Morgan fingerprint density at radius 3 is 2.19 bits per heavy atom. The number of nitrogens with one attached hydrogen (secondary N) is 2. The number of sulfonamides is 1. The minimum Gasteiger partial charge on any atom is -0.346 e. The van der Waals surface area contributed by atoms with Crippen LogP contribution >= 0.6 is 0 Å². The number of nitrogens with zero attached hydrogens (tertiary/aromatic N) is 1. The van der Waals surface area contributed by atoms with Crippen LogP contribution in [0.5, 0.6) is 0 Å². The Labute approximate surface area is 158 Å². The molecule has 1 amide bonds. The van der Waals surface area contributed by atoms with Crippen molar-refractivity contribution in [2.75, 3.05) is 4.72 Å². The van der Waals surface area contributed by atoms with Crippen molar-refractivity contribution in [2.45, 2.75) is 17.9 Å². The second-order valence-electron chi connectivity index (χ2n) is 5.97. The number of pyridine rings is 1. The molecule has 3 rings (SSSR count). The van der Waals surface area contributed by atoms with Gasteiger partial charge in [0.15, 0.2) is 0 Å². The van der Waals surface area contributed by atoms with Crippen LogP contribution in [-0.4, -0.2) is 19.3 Å². The van der Waals surface area contributed by atoms with Crippen molar-refractivity contribution < 1.29 is 13.2 Å². The molecule has 0 fully saturated rings. The molecule has 0 saturated carbocycles. The molecular formula is C20H19N3O3S. The number of hydrogen-bond donors (Lipinski definition) is 2. The van der Waals surface area contributed by atoms with Crippen molar-refractivity contribution >= 4 is 21.6 Å². The van der Waals surface area contributed by atoms with Gasteiger partial charge in [-0.15, -0.1) is 0 Å². The van der Waals surface area contributed by atoms with Crippen LogP contribution in [0, 0.1) is 0 Å². The maximum atomic E-state index is 12.4. The fourth-order valence-electron chi connectivity index (χ4n) is 2.52. The van der Waals surface area contributed by atoms with Gasteiger partial charge in [-0.3, -0.25) is 14.5 Å². The quantitative estimate of drug-likeness (QED) is 0.685. The molecule has 0 spiro atoms. The van der Waals surface area contributed by atoms with Crippen LogP contribution in [0.4, 0.5) is 5.69 Å². The zero-order valence-corrected chi connectivity index (χ0v) is 15.5. The minimum absolute atomic E-state index is 0.0880. The number of carbonyl (C=O) groups excluding carboxylic acids is 1. The Hall–Kier alpha value is -3.19. The molecule has 1 atom stereocenters. The first kappa shape index (κ1) is 18.6. The van der Waals surface area contributed by atoms with Gasteiger partial charge in [-0.25, -0.2) is 8.42 Å². The molecule has 2 aromatic carbocycles. The van der Waals surface area contributed by atoms with Crippen molar-refractivity contribution in [1.82, 2.24) is 10.3 Å². The predicted molar refractivity (Wildman–Crippen MR) is 104 cm³/mol. The number of rotatable bonds is 6. The van der Waals surface area contributed by atoms with Gasteiger partial charge in [-0.05, 0) is 61.0 Å². The summed E-state index contributed by atoms with van der Waals surface area (Å²) in [7, 11) is -3.71. The van der Waals surface area contributed by atoms with Crippen molar-refractivity contribution in [3.8, 4) is 0 Å². The minimum atomic E-state index is -3.71. The lowest BCUT2D eigenvalue weighted by atomic mass is 10.1. The number of anilines is 1. The Bertz CT molecular complexity index is 1010. The maximum Gasteiger partial charge on any atom is 0.261 e. The number of aromatic nitrogens is 1. The van der Waals surface area contributed by atoms with Crippen molar-refractivity contribution in [3.63, 3.8) is 0 Å². The number of benzene rings is 2. The van der Waals surface area contributed by atoms with E-state index < -0.39 is 10.0 Å². The molecule has 1 unspecified atom stereocenters. The Morgan fingerprint density at radius 2 is 1.56 bits per heavy atom. The first-order valence-corrected chi connectivity index (χ1v) is 9.83.